The van der Waals surface area contributed by atoms with Crippen molar-refractivity contribution in [1.29, 1.82) is 0 Å². The van der Waals surface area contributed by atoms with Gasteiger partial charge < -0.3 is 14.8 Å². The van der Waals surface area contributed by atoms with Crippen LogP contribution in [0.3, 0.4) is 0 Å². The van der Waals surface area contributed by atoms with Crippen molar-refractivity contribution < 1.29 is 9.18 Å². The molecule has 5 rings (SSSR count). The standard InChI is InChI=1S/C39H57FN4O2/c1-30-25-32-26-36-35(20-21-37(45)41-36)39(27-30)34(32)15-14-24-44(39)38(46)29-43(3)23-13-11-9-7-5-4-6-8-10-12-22-42(2)28-31-16-18-33(40)19-17-31/h16-21,25,32,34H,4-15,22-24,26-29H2,1-3H3,(H,41,45)/t32-,34+,39+/m0/s1. The summed E-state index contributed by atoms with van der Waals surface area (Å²) in [7, 11) is 4.24. The number of likely N-dealkylation sites (N-methyl/N-ethyl adjacent to an activating group) is 1. The van der Waals surface area contributed by atoms with Gasteiger partial charge in [-0.2, -0.15) is 0 Å². The molecule has 0 saturated carbocycles. The molecule has 6 nitrogen and oxygen atoms in total. The number of pyridine rings is 1. The molecule has 1 aliphatic heterocycles. The lowest BCUT2D eigenvalue weighted by Crippen LogP contribution is -2.63. The lowest BCUT2D eigenvalue weighted by atomic mass is 9.56. The minimum Gasteiger partial charge on any atom is -0.331 e. The fraction of sp³-hybridized carbons (Fsp3) is 0.641. The summed E-state index contributed by atoms with van der Waals surface area (Å²) in [5.74, 6) is 0.883. The van der Waals surface area contributed by atoms with Gasteiger partial charge in [0, 0.05) is 24.8 Å². The number of piperidine rings is 1. The van der Waals surface area contributed by atoms with Crippen LogP contribution >= 0.6 is 0 Å². The number of nitrogens with one attached hydrogen (secondary N) is 1. The van der Waals surface area contributed by atoms with Crippen LogP contribution in [0.4, 0.5) is 4.39 Å². The van der Waals surface area contributed by atoms with E-state index < -0.39 is 0 Å². The molecular weight excluding hydrogens is 575 g/mol. The summed E-state index contributed by atoms with van der Waals surface area (Å²) in [5.41, 5.74) is 4.39. The van der Waals surface area contributed by atoms with Crippen molar-refractivity contribution in [2.75, 3.05) is 40.3 Å². The van der Waals surface area contributed by atoms with Crippen LogP contribution < -0.4 is 5.56 Å². The van der Waals surface area contributed by atoms with Gasteiger partial charge in [0.15, 0.2) is 0 Å². The van der Waals surface area contributed by atoms with Crippen LogP contribution in [-0.2, 0) is 23.3 Å². The highest BCUT2D eigenvalue weighted by atomic mass is 19.1. The molecule has 0 unspecified atom stereocenters. The first-order valence-electron chi connectivity index (χ1n) is 18.1. The number of halogens is 1. The number of likely N-dealkylation sites (tertiary alicyclic amines) is 1. The second kappa shape index (κ2) is 16.4. The van der Waals surface area contributed by atoms with Gasteiger partial charge in [-0.15, -0.1) is 0 Å². The number of rotatable bonds is 17. The van der Waals surface area contributed by atoms with Crippen molar-refractivity contribution in [3.8, 4) is 0 Å². The molecular formula is C39H57FN4O2. The highest BCUT2D eigenvalue weighted by Gasteiger charge is 2.56. The van der Waals surface area contributed by atoms with E-state index >= 15 is 0 Å². The first kappa shape index (κ1) is 34.6. The molecule has 252 valence electrons. The monoisotopic (exact) mass is 632 g/mol. The number of H-pyrrole nitrogens is 1. The number of carbonyl (C=O) groups is 1. The van der Waals surface area contributed by atoms with Crippen molar-refractivity contribution in [2.24, 2.45) is 11.8 Å². The lowest BCUT2D eigenvalue weighted by Gasteiger charge is -2.59. The molecule has 1 amide bonds. The molecule has 2 heterocycles. The van der Waals surface area contributed by atoms with Crippen molar-refractivity contribution in [3.63, 3.8) is 0 Å². The summed E-state index contributed by atoms with van der Waals surface area (Å²) in [6.45, 7) is 6.40. The molecule has 0 spiro atoms. The number of allylic oxidation sites excluding steroid dienone is 1. The van der Waals surface area contributed by atoms with Gasteiger partial charge in [0.05, 0.1) is 12.1 Å². The Bertz CT molecular complexity index is 1370. The summed E-state index contributed by atoms with van der Waals surface area (Å²) in [6.07, 6.45) is 19.1. The largest absolute Gasteiger partial charge is 0.331 e. The number of aromatic amines is 1. The summed E-state index contributed by atoms with van der Waals surface area (Å²) < 4.78 is 13.1. The Morgan fingerprint density at radius 1 is 0.913 bits per heavy atom. The second-order valence-corrected chi connectivity index (χ2v) is 14.6. The van der Waals surface area contributed by atoms with Gasteiger partial charge in [-0.25, -0.2) is 4.39 Å². The third-order valence-corrected chi connectivity index (χ3v) is 10.9. The summed E-state index contributed by atoms with van der Waals surface area (Å²) in [5, 5.41) is 0. The maximum atomic E-state index is 13.9. The van der Waals surface area contributed by atoms with E-state index in [1.54, 1.807) is 18.2 Å². The van der Waals surface area contributed by atoms with E-state index in [0.717, 1.165) is 64.0 Å². The van der Waals surface area contributed by atoms with Crippen molar-refractivity contribution in [3.05, 3.63) is 81.0 Å². The third-order valence-electron chi connectivity index (χ3n) is 10.9. The molecule has 2 aromatic rings. The zero-order valence-corrected chi connectivity index (χ0v) is 28.7. The van der Waals surface area contributed by atoms with Gasteiger partial charge in [0.1, 0.15) is 5.82 Å². The number of hydrogen-bond donors (Lipinski definition) is 1. The molecule has 1 aromatic heterocycles. The number of fused-ring (bicyclic) bond motifs is 1. The SMILES string of the molecule is CC1=C[C@H]2Cc3[nH]c(=O)ccc3[C@@]3(C1)[C@@H]2CCCN3C(=O)CN(C)CCCCCCCCCCCCN(C)Cc1ccc(F)cc1. The van der Waals surface area contributed by atoms with E-state index in [1.807, 2.05) is 18.2 Å². The number of unbranched alkanes of at least 4 members (excludes halogenated alkanes) is 9. The fourth-order valence-electron chi connectivity index (χ4n) is 8.73. The molecule has 0 radical (unpaired) electrons. The van der Waals surface area contributed by atoms with Gasteiger partial charge in [-0.05, 0) is 114 Å². The van der Waals surface area contributed by atoms with Gasteiger partial charge in [-0.3, -0.25) is 14.5 Å². The van der Waals surface area contributed by atoms with E-state index in [4.69, 9.17) is 0 Å². The predicted molar refractivity (Wildman–Crippen MR) is 185 cm³/mol. The summed E-state index contributed by atoms with van der Waals surface area (Å²) in [4.78, 5) is 36.0. The molecule has 3 atom stereocenters. The maximum Gasteiger partial charge on any atom is 0.248 e. The minimum absolute atomic E-state index is 0.0449. The first-order chi connectivity index (χ1) is 22.3. The van der Waals surface area contributed by atoms with Crippen LogP contribution in [0.15, 0.2) is 52.8 Å². The number of carbonyl (C=O) groups excluding carboxylic acids is 1. The summed E-state index contributed by atoms with van der Waals surface area (Å²) >= 11 is 0. The Kier molecular flexibility index (Phi) is 12.3. The molecule has 1 N–H and O–H groups in total. The van der Waals surface area contributed by atoms with Crippen LogP contribution in [-0.4, -0.2) is 65.9 Å². The van der Waals surface area contributed by atoms with E-state index in [2.05, 4.69) is 46.8 Å². The third kappa shape index (κ3) is 8.57. The zero-order chi connectivity index (χ0) is 32.5. The Labute approximate surface area is 276 Å². The number of nitrogens with zero attached hydrogens (tertiary/aromatic N) is 3. The van der Waals surface area contributed by atoms with Crippen molar-refractivity contribution in [2.45, 2.75) is 109 Å². The number of aromatic nitrogens is 1. The zero-order valence-electron chi connectivity index (χ0n) is 28.7. The topological polar surface area (TPSA) is 59.7 Å². The second-order valence-electron chi connectivity index (χ2n) is 14.6. The fourth-order valence-corrected chi connectivity index (χ4v) is 8.73. The van der Waals surface area contributed by atoms with Crippen LogP contribution in [0.2, 0.25) is 0 Å². The van der Waals surface area contributed by atoms with E-state index in [1.165, 1.54) is 74.5 Å². The highest BCUT2D eigenvalue weighted by molar-refractivity contribution is 5.80. The first-order valence-corrected chi connectivity index (χ1v) is 18.1. The highest BCUT2D eigenvalue weighted by Crippen LogP contribution is 2.56. The average Bonchev–Trinajstić information content (AvgIpc) is 3.01. The Hall–Kier alpha value is -2.77. The Balaban J connectivity index is 0.951. The van der Waals surface area contributed by atoms with Crippen LogP contribution in [0.25, 0.3) is 0 Å². The van der Waals surface area contributed by atoms with E-state index in [0.29, 0.717) is 18.4 Å². The Morgan fingerprint density at radius 2 is 1.54 bits per heavy atom. The molecule has 1 aromatic carbocycles. The van der Waals surface area contributed by atoms with E-state index in [9.17, 15) is 14.0 Å². The number of hydrogen-bond acceptors (Lipinski definition) is 4. The lowest BCUT2D eigenvalue weighted by molar-refractivity contribution is -0.149. The number of benzene rings is 1. The predicted octanol–water partition coefficient (Wildman–Crippen LogP) is 7.44. The number of amides is 1. The molecule has 1 saturated heterocycles. The Morgan fingerprint density at radius 3 is 2.22 bits per heavy atom. The van der Waals surface area contributed by atoms with Gasteiger partial charge in [0.25, 0.3) is 0 Å². The molecule has 2 bridgehead atoms. The average molecular weight is 633 g/mol. The van der Waals surface area contributed by atoms with Crippen molar-refractivity contribution in [1.82, 2.24) is 19.7 Å². The molecule has 3 aliphatic rings. The normalized spacial score (nSPS) is 22.1. The van der Waals surface area contributed by atoms with Gasteiger partial charge >= 0.3 is 0 Å². The quantitative estimate of drug-likeness (QED) is 0.146. The van der Waals surface area contributed by atoms with Gasteiger partial charge in [0.2, 0.25) is 11.5 Å². The molecule has 1 fully saturated rings. The minimum atomic E-state index is -0.320. The molecule has 46 heavy (non-hydrogen) atoms. The van der Waals surface area contributed by atoms with Gasteiger partial charge in [-0.1, -0.05) is 75.1 Å². The van der Waals surface area contributed by atoms with E-state index in [-0.39, 0.29) is 22.8 Å². The summed E-state index contributed by atoms with van der Waals surface area (Å²) in [6, 6.07) is 10.5. The molecule has 7 heteroatoms. The maximum absolute atomic E-state index is 13.9. The van der Waals surface area contributed by atoms with Crippen LogP contribution in [0, 0.1) is 17.7 Å². The smallest absolute Gasteiger partial charge is 0.248 e. The van der Waals surface area contributed by atoms with Crippen LogP contribution in [0.1, 0.15) is 107 Å². The van der Waals surface area contributed by atoms with Crippen molar-refractivity contribution >= 4 is 5.91 Å². The molecule has 2 aliphatic carbocycles. The van der Waals surface area contributed by atoms with Crippen LogP contribution in [0.5, 0.6) is 0 Å².